The number of ether oxygens (including phenoxy) is 1. The number of hydrogen-bond acceptors (Lipinski definition) is 3. The summed E-state index contributed by atoms with van der Waals surface area (Å²) in [5, 5.41) is 0. The smallest absolute Gasteiger partial charge is 0.182 e. The monoisotopic (exact) mass is 284 g/mol. The van der Waals surface area contributed by atoms with Crippen molar-refractivity contribution in [1.29, 1.82) is 0 Å². The van der Waals surface area contributed by atoms with Crippen molar-refractivity contribution < 1.29 is 13.5 Å². The average molecular weight is 284 g/mol. The third-order valence-corrected chi connectivity index (χ3v) is 3.93. The lowest BCUT2D eigenvalue weighted by molar-refractivity contribution is 0.0302. The lowest BCUT2D eigenvalue weighted by Gasteiger charge is -2.34. The summed E-state index contributed by atoms with van der Waals surface area (Å²) >= 11 is 4.69. The van der Waals surface area contributed by atoms with Gasteiger partial charge in [-0.25, -0.2) is 8.78 Å². The maximum atomic E-state index is 14.1. The zero-order chi connectivity index (χ0) is 13.6. The van der Waals surface area contributed by atoms with Gasteiger partial charge in [-0.2, -0.15) is 0 Å². The van der Waals surface area contributed by atoms with Crippen LogP contribution in [0.25, 0.3) is 0 Å². The van der Waals surface area contributed by atoms with E-state index in [1.165, 1.54) is 12.1 Å². The lowest BCUT2D eigenvalue weighted by Crippen LogP contribution is -2.43. The average Bonchev–Trinajstić information content (AvgIpc) is 2.71. The molecule has 2 heterocycles. The van der Waals surface area contributed by atoms with Crippen molar-refractivity contribution in [3.63, 3.8) is 0 Å². The number of nitrogens with two attached hydrogens (primary N) is 1. The molecule has 0 aliphatic carbocycles. The van der Waals surface area contributed by atoms with E-state index in [-0.39, 0.29) is 28.4 Å². The highest BCUT2D eigenvalue weighted by Crippen LogP contribution is 2.32. The molecule has 19 heavy (non-hydrogen) atoms. The number of rotatable bonds is 2. The van der Waals surface area contributed by atoms with Gasteiger partial charge in [-0.3, -0.25) is 0 Å². The molecule has 2 unspecified atom stereocenters. The molecule has 1 aromatic carbocycles. The highest BCUT2D eigenvalue weighted by Gasteiger charge is 2.35. The third-order valence-electron chi connectivity index (χ3n) is 3.71. The highest BCUT2D eigenvalue weighted by atomic mass is 32.1. The summed E-state index contributed by atoms with van der Waals surface area (Å²) in [5.41, 5.74) is 5.57. The second kappa shape index (κ2) is 4.68. The van der Waals surface area contributed by atoms with E-state index in [1.807, 2.05) is 4.90 Å². The van der Waals surface area contributed by atoms with Crippen molar-refractivity contribution in [3.8, 4) is 0 Å². The Balaban J connectivity index is 1.93. The Kier molecular flexibility index (Phi) is 3.14. The molecule has 1 aromatic rings. The molecule has 102 valence electrons. The number of benzene rings is 1. The molecule has 2 bridgehead atoms. The molecule has 0 spiro atoms. The van der Waals surface area contributed by atoms with Crippen LogP contribution in [0.5, 0.6) is 0 Å². The second-order valence-corrected chi connectivity index (χ2v) is 5.43. The van der Waals surface area contributed by atoms with Crippen molar-refractivity contribution in [2.45, 2.75) is 25.0 Å². The maximum Gasteiger partial charge on any atom is 0.182 e. The van der Waals surface area contributed by atoms with E-state index in [0.717, 1.165) is 12.8 Å². The Labute approximate surface area is 115 Å². The van der Waals surface area contributed by atoms with Crippen LogP contribution in [0.3, 0.4) is 0 Å². The number of halogens is 2. The molecular formula is C13H14F2N2OS. The van der Waals surface area contributed by atoms with Gasteiger partial charge in [0.05, 0.1) is 17.9 Å². The SMILES string of the molecule is NC(=S)c1ccc(N2CC3CCC(C2)O3)c(F)c1F. The number of thiocarbonyl (C=S) groups is 1. The zero-order valence-electron chi connectivity index (χ0n) is 10.2. The first-order chi connectivity index (χ1) is 9.06. The molecule has 0 aromatic heterocycles. The summed E-state index contributed by atoms with van der Waals surface area (Å²) in [7, 11) is 0. The molecule has 0 radical (unpaired) electrons. The number of fused-ring (bicyclic) bond motifs is 2. The number of hydrogen-bond donors (Lipinski definition) is 1. The van der Waals surface area contributed by atoms with Crippen LogP contribution in [0.1, 0.15) is 18.4 Å². The summed E-state index contributed by atoms with van der Waals surface area (Å²) in [6.45, 7) is 1.19. The molecule has 2 saturated heterocycles. The fourth-order valence-electron chi connectivity index (χ4n) is 2.79. The van der Waals surface area contributed by atoms with Gasteiger partial charge >= 0.3 is 0 Å². The van der Waals surface area contributed by atoms with Crippen LogP contribution >= 0.6 is 12.2 Å². The zero-order valence-corrected chi connectivity index (χ0v) is 11.1. The van der Waals surface area contributed by atoms with Gasteiger partial charge in [0.15, 0.2) is 11.6 Å². The van der Waals surface area contributed by atoms with Gasteiger partial charge in [-0.15, -0.1) is 0 Å². The van der Waals surface area contributed by atoms with Crippen LogP contribution in [0.2, 0.25) is 0 Å². The summed E-state index contributed by atoms with van der Waals surface area (Å²) in [4.78, 5) is 1.71. The molecule has 2 atom stereocenters. The number of morpholine rings is 1. The summed E-state index contributed by atoms with van der Waals surface area (Å²) in [6, 6.07) is 2.98. The number of anilines is 1. The van der Waals surface area contributed by atoms with E-state index in [0.29, 0.717) is 13.1 Å². The van der Waals surface area contributed by atoms with Crippen LogP contribution in [0.15, 0.2) is 12.1 Å². The molecule has 2 fully saturated rings. The van der Waals surface area contributed by atoms with Gasteiger partial charge in [0.2, 0.25) is 0 Å². The van der Waals surface area contributed by atoms with E-state index in [4.69, 9.17) is 22.7 Å². The Hall–Kier alpha value is -1.27. The lowest BCUT2D eigenvalue weighted by atomic mass is 10.1. The topological polar surface area (TPSA) is 38.5 Å². The summed E-state index contributed by atoms with van der Waals surface area (Å²) in [5.74, 6) is -1.85. The van der Waals surface area contributed by atoms with Crippen LogP contribution < -0.4 is 10.6 Å². The summed E-state index contributed by atoms with van der Waals surface area (Å²) < 4.78 is 33.7. The summed E-state index contributed by atoms with van der Waals surface area (Å²) in [6.07, 6.45) is 2.21. The second-order valence-electron chi connectivity index (χ2n) is 4.99. The Bertz CT molecular complexity index is 526. The first-order valence-corrected chi connectivity index (χ1v) is 6.65. The van der Waals surface area contributed by atoms with Gasteiger partial charge in [0, 0.05) is 18.7 Å². The van der Waals surface area contributed by atoms with E-state index in [9.17, 15) is 8.78 Å². The van der Waals surface area contributed by atoms with Crippen LogP contribution in [0.4, 0.5) is 14.5 Å². The Morgan fingerprint density at radius 3 is 2.42 bits per heavy atom. The fraction of sp³-hybridized carbons (Fsp3) is 0.462. The molecule has 6 heteroatoms. The van der Waals surface area contributed by atoms with Gasteiger partial charge < -0.3 is 15.4 Å². The van der Waals surface area contributed by atoms with Gasteiger partial charge in [0.25, 0.3) is 0 Å². The molecule has 0 saturated carbocycles. The predicted molar refractivity (Wildman–Crippen MR) is 72.4 cm³/mol. The van der Waals surface area contributed by atoms with Crippen LogP contribution in [-0.4, -0.2) is 30.3 Å². The number of nitrogens with zero attached hydrogens (tertiary/aromatic N) is 1. The molecule has 3 nitrogen and oxygen atoms in total. The van der Waals surface area contributed by atoms with E-state index in [1.54, 1.807) is 0 Å². The van der Waals surface area contributed by atoms with Crippen LogP contribution in [0, 0.1) is 11.6 Å². The minimum atomic E-state index is -0.969. The standard InChI is InChI=1S/C13H14F2N2OS/c14-11-9(13(16)19)3-4-10(12(11)15)17-5-7-1-2-8(6-17)18-7/h3-4,7-8H,1-2,5-6H2,(H2,16,19). The Morgan fingerprint density at radius 1 is 1.21 bits per heavy atom. The van der Waals surface area contributed by atoms with E-state index < -0.39 is 11.6 Å². The van der Waals surface area contributed by atoms with Crippen molar-refractivity contribution in [3.05, 3.63) is 29.3 Å². The largest absolute Gasteiger partial charge is 0.389 e. The van der Waals surface area contributed by atoms with Crippen molar-refractivity contribution >= 4 is 22.9 Å². The molecular weight excluding hydrogens is 270 g/mol. The minimum Gasteiger partial charge on any atom is -0.389 e. The highest BCUT2D eigenvalue weighted by molar-refractivity contribution is 7.80. The fourth-order valence-corrected chi connectivity index (χ4v) is 2.94. The normalized spacial score (nSPS) is 25.7. The van der Waals surface area contributed by atoms with E-state index >= 15 is 0 Å². The first-order valence-electron chi connectivity index (χ1n) is 6.24. The van der Waals surface area contributed by atoms with Gasteiger partial charge in [0.1, 0.15) is 4.99 Å². The molecule has 2 aliphatic rings. The van der Waals surface area contributed by atoms with Crippen LogP contribution in [-0.2, 0) is 4.74 Å². The maximum absolute atomic E-state index is 14.1. The van der Waals surface area contributed by atoms with Gasteiger partial charge in [-0.1, -0.05) is 12.2 Å². The van der Waals surface area contributed by atoms with Crippen molar-refractivity contribution in [2.24, 2.45) is 5.73 Å². The molecule has 2 aliphatic heterocycles. The predicted octanol–water partition coefficient (Wildman–Crippen LogP) is 1.97. The molecule has 0 amide bonds. The van der Waals surface area contributed by atoms with Crippen molar-refractivity contribution in [2.75, 3.05) is 18.0 Å². The van der Waals surface area contributed by atoms with Gasteiger partial charge in [-0.05, 0) is 25.0 Å². The quantitative estimate of drug-likeness (QED) is 0.843. The first kappa shape index (κ1) is 12.7. The molecule has 2 N–H and O–H groups in total. The molecule has 3 rings (SSSR count). The Morgan fingerprint density at radius 2 is 1.84 bits per heavy atom. The van der Waals surface area contributed by atoms with E-state index in [2.05, 4.69) is 0 Å². The minimum absolute atomic E-state index is 0.0486. The third kappa shape index (κ3) is 2.19. The van der Waals surface area contributed by atoms with Crippen molar-refractivity contribution in [1.82, 2.24) is 0 Å².